The van der Waals surface area contributed by atoms with Gasteiger partial charge < -0.3 is 9.73 Å². The molecule has 0 aliphatic carbocycles. The Morgan fingerprint density at radius 3 is 2.80 bits per heavy atom. The number of carbonyl (C=O) groups excluding carboxylic acids is 1. The number of hydrogen-bond donors (Lipinski definition) is 1. The topological polar surface area (TPSA) is 42.2 Å². The molecule has 0 unspecified atom stereocenters. The Morgan fingerprint density at radius 2 is 2.00 bits per heavy atom. The normalized spacial score (nSPS) is 10.7. The Morgan fingerprint density at radius 1 is 1.20 bits per heavy atom. The monoisotopic (exact) mass is 397 g/mol. The second kappa shape index (κ2) is 5.46. The zero-order chi connectivity index (χ0) is 14.1. The Hall–Kier alpha value is -1.53. The van der Waals surface area contributed by atoms with Gasteiger partial charge in [0.2, 0.25) is 0 Å². The zero-order valence-electron chi connectivity index (χ0n) is 10.2. The van der Waals surface area contributed by atoms with Crippen LogP contribution in [0.25, 0.3) is 11.0 Å². The summed E-state index contributed by atoms with van der Waals surface area (Å²) in [5.41, 5.74) is 1.94. The summed E-state index contributed by atoms with van der Waals surface area (Å²) in [5, 5.41) is 4.31. The van der Waals surface area contributed by atoms with Crippen molar-refractivity contribution in [1.82, 2.24) is 0 Å². The van der Waals surface area contributed by atoms with Crippen molar-refractivity contribution in [2.24, 2.45) is 0 Å². The maximum atomic E-state index is 12.3. The minimum absolute atomic E-state index is 0.199. The molecule has 1 amide bonds. The van der Waals surface area contributed by atoms with Gasteiger partial charge in [0.15, 0.2) is 0 Å². The van der Waals surface area contributed by atoms with Crippen LogP contribution in [-0.4, -0.2) is 5.91 Å². The highest BCUT2D eigenvalue weighted by molar-refractivity contribution is 14.1. The van der Waals surface area contributed by atoms with E-state index in [0.29, 0.717) is 16.2 Å². The van der Waals surface area contributed by atoms with Crippen molar-refractivity contribution < 1.29 is 9.21 Å². The van der Waals surface area contributed by atoms with Crippen molar-refractivity contribution in [2.75, 3.05) is 5.32 Å². The average molecular weight is 398 g/mol. The Labute approximate surface area is 134 Å². The highest BCUT2D eigenvalue weighted by atomic mass is 127. The molecule has 0 bridgehead atoms. The van der Waals surface area contributed by atoms with Crippen molar-refractivity contribution in [3.63, 3.8) is 0 Å². The third-order valence-electron chi connectivity index (χ3n) is 2.90. The van der Waals surface area contributed by atoms with Crippen LogP contribution in [0.5, 0.6) is 0 Å². The van der Waals surface area contributed by atoms with E-state index in [-0.39, 0.29) is 5.91 Å². The molecule has 5 heteroatoms. The summed E-state index contributed by atoms with van der Waals surface area (Å²) in [6, 6.07) is 12.8. The number of fused-ring (bicyclic) bond motifs is 1. The van der Waals surface area contributed by atoms with E-state index in [9.17, 15) is 4.79 Å². The molecule has 1 heterocycles. The molecule has 3 rings (SSSR count). The predicted octanol–water partition coefficient (Wildman–Crippen LogP) is 4.94. The molecule has 0 fully saturated rings. The quantitative estimate of drug-likeness (QED) is 0.622. The van der Waals surface area contributed by atoms with E-state index in [2.05, 4.69) is 27.9 Å². The van der Waals surface area contributed by atoms with Gasteiger partial charge in [0, 0.05) is 14.0 Å². The lowest BCUT2D eigenvalue weighted by molar-refractivity contribution is 0.102. The first-order valence-corrected chi connectivity index (χ1v) is 7.33. The first-order chi connectivity index (χ1) is 9.65. The standard InChI is InChI=1S/C15H9ClINO2/c16-9-5-6-13(12(17)7-9)18-15(19)11-8-20-14-4-2-1-3-10(11)14/h1-8H,(H,18,19). The summed E-state index contributed by atoms with van der Waals surface area (Å²) in [4.78, 5) is 12.3. The second-order valence-electron chi connectivity index (χ2n) is 4.22. The molecule has 1 N–H and O–H groups in total. The number of nitrogens with one attached hydrogen (secondary N) is 1. The van der Waals surface area contributed by atoms with E-state index in [1.165, 1.54) is 6.26 Å². The fraction of sp³-hybridized carbons (Fsp3) is 0. The Kier molecular flexibility index (Phi) is 3.67. The van der Waals surface area contributed by atoms with Crippen molar-refractivity contribution in [1.29, 1.82) is 0 Å². The van der Waals surface area contributed by atoms with Crippen LogP contribution < -0.4 is 5.32 Å². The van der Waals surface area contributed by atoms with Crippen LogP contribution >= 0.6 is 34.2 Å². The molecule has 20 heavy (non-hydrogen) atoms. The highest BCUT2D eigenvalue weighted by Gasteiger charge is 2.14. The molecule has 0 saturated carbocycles. The van der Waals surface area contributed by atoms with Crippen molar-refractivity contribution in [3.8, 4) is 0 Å². The zero-order valence-corrected chi connectivity index (χ0v) is 13.1. The fourth-order valence-corrected chi connectivity index (χ4v) is 2.94. The number of hydrogen-bond acceptors (Lipinski definition) is 2. The minimum Gasteiger partial charge on any atom is -0.463 e. The van der Waals surface area contributed by atoms with Gasteiger partial charge in [-0.2, -0.15) is 0 Å². The number of furan rings is 1. The number of anilines is 1. The van der Waals surface area contributed by atoms with Crippen LogP contribution in [0, 0.1) is 3.57 Å². The van der Waals surface area contributed by atoms with Gasteiger partial charge in [-0.1, -0.05) is 29.8 Å². The molecular weight excluding hydrogens is 389 g/mol. The molecule has 3 aromatic rings. The molecule has 0 aliphatic heterocycles. The molecule has 0 aliphatic rings. The third-order valence-corrected chi connectivity index (χ3v) is 4.03. The Bertz CT molecular complexity index is 797. The van der Waals surface area contributed by atoms with Crippen LogP contribution in [0.1, 0.15) is 10.4 Å². The molecule has 0 saturated heterocycles. The summed E-state index contributed by atoms with van der Waals surface area (Å²) in [7, 11) is 0. The lowest BCUT2D eigenvalue weighted by Gasteiger charge is -2.06. The van der Waals surface area contributed by atoms with E-state index in [0.717, 1.165) is 14.6 Å². The highest BCUT2D eigenvalue weighted by Crippen LogP contribution is 2.25. The van der Waals surface area contributed by atoms with Gasteiger partial charge in [-0.3, -0.25) is 4.79 Å². The number of benzene rings is 2. The minimum atomic E-state index is -0.199. The number of rotatable bonds is 2. The Balaban J connectivity index is 1.93. The summed E-state index contributed by atoms with van der Waals surface area (Å²) >= 11 is 8.03. The first kappa shape index (κ1) is 13.5. The SMILES string of the molecule is O=C(Nc1ccc(Cl)cc1I)c1coc2ccccc12. The van der Waals surface area contributed by atoms with Crippen LogP contribution in [0.2, 0.25) is 5.02 Å². The molecular formula is C15H9ClINO2. The van der Waals surface area contributed by atoms with E-state index < -0.39 is 0 Å². The van der Waals surface area contributed by atoms with Gasteiger partial charge in [0.25, 0.3) is 5.91 Å². The van der Waals surface area contributed by atoms with Gasteiger partial charge >= 0.3 is 0 Å². The predicted molar refractivity (Wildman–Crippen MR) is 88.3 cm³/mol. The smallest absolute Gasteiger partial charge is 0.259 e. The molecule has 0 radical (unpaired) electrons. The van der Waals surface area contributed by atoms with Crippen molar-refractivity contribution in [3.05, 3.63) is 62.9 Å². The largest absolute Gasteiger partial charge is 0.463 e. The molecule has 2 aromatic carbocycles. The summed E-state index contributed by atoms with van der Waals surface area (Å²) < 4.78 is 6.26. The molecule has 100 valence electrons. The summed E-state index contributed by atoms with van der Waals surface area (Å²) in [6.45, 7) is 0. The van der Waals surface area contributed by atoms with Crippen molar-refractivity contribution in [2.45, 2.75) is 0 Å². The van der Waals surface area contributed by atoms with E-state index >= 15 is 0 Å². The molecule has 1 aromatic heterocycles. The average Bonchev–Trinajstić information content (AvgIpc) is 2.86. The maximum Gasteiger partial charge on any atom is 0.259 e. The fourth-order valence-electron chi connectivity index (χ4n) is 1.93. The lowest BCUT2D eigenvalue weighted by atomic mass is 10.1. The maximum absolute atomic E-state index is 12.3. The van der Waals surface area contributed by atoms with Gasteiger partial charge in [-0.25, -0.2) is 0 Å². The van der Waals surface area contributed by atoms with Gasteiger partial charge in [-0.05, 0) is 46.9 Å². The number of amides is 1. The number of halogens is 2. The summed E-state index contributed by atoms with van der Waals surface area (Å²) in [5.74, 6) is -0.199. The first-order valence-electron chi connectivity index (χ1n) is 5.88. The number of para-hydroxylation sites is 1. The third kappa shape index (κ3) is 2.53. The van der Waals surface area contributed by atoms with E-state index in [1.807, 2.05) is 24.3 Å². The van der Waals surface area contributed by atoms with Gasteiger partial charge in [0.05, 0.1) is 11.3 Å². The summed E-state index contributed by atoms with van der Waals surface area (Å²) in [6.07, 6.45) is 1.47. The van der Waals surface area contributed by atoms with Crippen LogP contribution in [0.4, 0.5) is 5.69 Å². The van der Waals surface area contributed by atoms with Crippen molar-refractivity contribution >= 4 is 56.8 Å². The molecule has 3 nitrogen and oxygen atoms in total. The second-order valence-corrected chi connectivity index (χ2v) is 5.82. The molecule has 0 atom stereocenters. The van der Waals surface area contributed by atoms with Gasteiger partial charge in [0.1, 0.15) is 11.8 Å². The van der Waals surface area contributed by atoms with Gasteiger partial charge in [-0.15, -0.1) is 0 Å². The van der Waals surface area contributed by atoms with Crippen LogP contribution in [0.15, 0.2) is 53.1 Å². The number of carbonyl (C=O) groups is 1. The van der Waals surface area contributed by atoms with Crippen LogP contribution in [-0.2, 0) is 0 Å². The lowest BCUT2D eigenvalue weighted by Crippen LogP contribution is -2.12. The molecule has 0 spiro atoms. The van der Waals surface area contributed by atoms with E-state index in [4.69, 9.17) is 16.0 Å². The van der Waals surface area contributed by atoms with Crippen LogP contribution in [0.3, 0.4) is 0 Å². The van der Waals surface area contributed by atoms with E-state index in [1.54, 1.807) is 18.2 Å².